The third kappa shape index (κ3) is 1.40. The summed E-state index contributed by atoms with van der Waals surface area (Å²) in [7, 11) is 0. The summed E-state index contributed by atoms with van der Waals surface area (Å²) >= 11 is 0. The lowest BCUT2D eigenvalue weighted by molar-refractivity contribution is -0.153. The second-order valence-electron chi connectivity index (χ2n) is 3.91. The molecule has 13 heavy (non-hydrogen) atoms. The van der Waals surface area contributed by atoms with Gasteiger partial charge in [0.25, 0.3) is 0 Å². The fourth-order valence-electron chi connectivity index (χ4n) is 1.88. The Morgan fingerprint density at radius 3 is 2.77 bits per heavy atom. The average Bonchev–Trinajstić information content (AvgIpc) is 2.47. The number of rotatable bonds is 1. The van der Waals surface area contributed by atoms with E-state index >= 15 is 0 Å². The zero-order valence-electron chi connectivity index (χ0n) is 7.73. The summed E-state index contributed by atoms with van der Waals surface area (Å²) in [4.78, 5) is 0. The molecule has 1 fully saturated rings. The van der Waals surface area contributed by atoms with Crippen LogP contribution in [0.4, 0.5) is 0 Å². The van der Waals surface area contributed by atoms with Gasteiger partial charge in [-0.1, -0.05) is 0 Å². The van der Waals surface area contributed by atoms with Crippen molar-refractivity contribution in [3.05, 3.63) is 11.6 Å². The number of aliphatic hydroxyl groups is 2. The van der Waals surface area contributed by atoms with Crippen LogP contribution in [-0.2, 0) is 9.47 Å². The van der Waals surface area contributed by atoms with Crippen molar-refractivity contribution in [1.82, 2.24) is 0 Å². The van der Waals surface area contributed by atoms with Crippen LogP contribution in [0.3, 0.4) is 0 Å². The molecule has 4 heteroatoms. The first-order valence-electron chi connectivity index (χ1n) is 4.38. The maximum Gasteiger partial charge on any atom is 0.164 e. The highest BCUT2D eigenvalue weighted by molar-refractivity contribution is 5.24. The maximum absolute atomic E-state index is 9.54. The van der Waals surface area contributed by atoms with Gasteiger partial charge in [-0.05, 0) is 25.5 Å². The summed E-state index contributed by atoms with van der Waals surface area (Å²) in [5.74, 6) is -0.662. The Morgan fingerprint density at radius 1 is 1.46 bits per heavy atom. The lowest BCUT2D eigenvalue weighted by Gasteiger charge is -2.18. The molecule has 0 bridgehead atoms. The second kappa shape index (κ2) is 2.78. The summed E-state index contributed by atoms with van der Waals surface area (Å²) in [5.41, 5.74) is 0.711. The number of fused-ring (bicyclic) bond motifs is 1. The minimum Gasteiger partial charge on any atom is -0.392 e. The summed E-state index contributed by atoms with van der Waals surface area (Å²) in [6.45, 7) is 3.51. The predicted molar refractivity (Wildman–Crippen MR) is 45.0 cm³/mol. The van der Waals surface area contributed by atoms with Crippen molar-refractivity contribution in [2.45, 2.75) is 37.9 Å². The first-order valence-corrected chi connectivity index (χ1v) is 4.38. The van der Waals surface area contributed by atoms with E-state index in [1.165, 1.54) is 0 Å². The molecule has 1 unspecified atom stereocenters. The summed E-state index contributed by atoms with van der Waals surface area (Å²) in [5, 5.41) is 18.5. The fraction of sp³-hybridized carbons (Fsp3) is 0.778. The van der Waals surface area contributed by atoms with Gasteiger partial charge in [-0.2, -0.15) is 0 Å². The van der Waals surface area contributed by atoms with Gasteiger partial charge in [-0.15, -0.1) is 0 Å². The van der Waals surface area contributed by atoms with Crippen LogP contribution in [0, 0.1) is 0 Å². The van der Waals surface area contributed by atoms with E-state index in [4.69, 9.17) is 14.6 Å². The fourth-order valence-corrected chi connectivity index (χ4v) is 1.88. The van der Waals surface area contributed by atoms with E-state index in [2.05, 4.69) is 0 Å². The quantitative estimate of drug-likeness (QED) is 0.557. The van der Waals surface area contributed by atoms with Gasteiger partial charge in [0.2, 0.25) is 0 Å². The summed E-state index contributed by atoms with van der Waals surface area (Å²) < 4.78 is 11.0. The van der Waals surface area contributed by atoms with E-state index in [1.807, 2.05) is 0 Å². The highest BCUT2D eigenvalue weighted by Gasteiger charge is 2.49. The molecule has 1 aliphatic heterocycles. The van der Waals surface area contributed by atoms with Crippen molar-refractivity contribution in [1.29, 1.82) is 0 Å². The van der Waals surface area contributed by atoms with Crippen molar-refractivity contribution >= 4 is 0 Å². The van der Waals surface area contributed by atoms with Gasteiger partial charge in [-0.3, -0.25) is 0 Å². The van der Waals surface area contributed by atoms with Gasteiger partial charge in [0.1, 0.15) is 18.3 Å². The Balaban J connectivity index is 2.19. The average molecular weight is 186 g/mol. The molecule has 0 spiro atoms. The zero-order chi connectivity index (χ0) is 9.64. The van der Waals surface area contributed by atoms with Gasteiger partial charge in [0, 0.05) is 0 Å². The van der Waals surface area contributed by atoms with E-state index in [1.54, 1.807) is 19.9 Å². The van der Waals surface area contributed by atoms with Crippen LogP contribution in [0.25, 0.3) is 0 Å². The van der Waals surface area contributed by atoms with Crippen molar-refractivity contribution in [2.24, 2.45) is 0 Å². The number of hydrogen-bond donors (Lipinski definition) is 2. The smallest absolute Gasteiger partial charge is 0.164 e. The van der Waals surface area contributed by atoms with E-state index in [-0.39, 0.29) is 18.8 Å². The molecule has 1 heterocycles. The Hall–Kier alpha value is -0.420. The maximum atomic E-state index is 9.54. The van der Waals surface area contributed by atoms with Gasteiger partial charge >= 0.3 is 0 Å². The molecule has 0 radical (unpaired) electrons. The molecule has 0 aromatic carbocycles. The second-order valence-corrected chi connectivity index (χ2v) is 3.91. The largest absolute Gasteiger partial charge is 0.392 e. The lowest BCUT2D eigenvalue weighted by Crippen LogP contribution is -2.29. The Labute approximate surface area is 76.8 Å². The van der Waals surface area contributed by atoms with Crippen LogP contribution in [0.15, 0.2) is 11.6 Å². The molecule has 1 aliphatic carbocycles. The van der Waals surface area contributed by atoms with Crippen LogP contribution in [-0.4, -0.2) is 40.9 Å². The van der Waals surface area contributed by atoms with Crippen LogP contribution in [0.1, 0.15) is 13.8 Å². The summed E-state index contributed by atoms with van der Waals surface area (Å²) in [6, 6.07) is 0. The van der Waals surface area contributed by atoms with E-state index < -0.39 is 11.9 Å². The molecule has 1 saturated heterocycles. The van der Waals surface area contributed by atoms with Gasteiger partial charge in [0.15, 0.2) is 5.79 Å². The molecule has 74 valence electrons. The molecule has 2 rings (SSSR count). The molecule has 0 aromatic heterocycles. The minimum absolute atomic E-state index is 0.0856. The number of hydrogen-bond acceptors (Lipinski definition) is 4. The molecular formula is C9H14O4. The predicted octanol–water partition coefficient (Wildman–Crippen LogP) is -0.200. The van der Waals surface area contributed by atoms with Crippen LogP contribution in [0.2, 0.25) is 0 Å². The number of aliphatic hydroxyl groups excluding tert-OH is 2. The zero-order valence-corrected chi connectivity index (χ0v) is 7.73. The van der Waals surface area contributed by atoms with Gasteiger partial charge < -0.3 is 19.7 Å². The van der Waals surface area contributed by atoms with Gasteiger partial charge in [0.05, 0.1) is 6.61 Å². The molecule has 0 aromatic rings. The van der Waals surface area contributed by atoms with Crippen LogP contribution in [0.5, 0.6) is 0 Å². The first kappa shape index (κ1) is 9.15. The molecule has 2 N–H and O–H groups in total. The highest BCUT2D eigenvalue weighted by Crippen LogP contribution is 2.37. The lowest BCUT2D eigenvalue weighted by atomic mass is 10.1. The Kier molecular flexibility index (Phi) is 1.96. The highest BCUT2D eigenvalue weighted by atomic mass is 16.8. The summed E-state index contributed by atoms with van der Waals surface area (Å²) in [6.07, 6.45) is 0.311. The van der Waals surface area contributed by atoms with Crippen LogP contribution >= 0.6 is 0 Å². The van der Waals surface area contributed by atoms with Crippen molar-refractivity contribution in [2.75, 3.05) is 6.61 Å². The molecule has 4 nitrogen and oxygen atoms in total. The van der Waals surface area contributed by atoms with Crippen molar-refractivity contribution < 1.29 is 19.7 Å². The van der Waals surface area contributed by atoms with Crippen LogP contribution < -0.4 is 0 Å². The van der Waals surface area contributed by atoms with E-state index in [0.717, 1.165) is 0 Å². The monoisotopic (exact) mass is 186 g/mol. The normalized spacial score (nSPS) is 41.8. The minimum atomic E-state index is -0.662. The topological polar surface area (TPSA) is 58.9 Å². The molecule has 0 saturated carbocycles. The third-order valence-electron chi connectivity index (χ3n) is 2.40. The molecule has 3 atom stereocenters. The van der Waals surface area contributed by atoms with Crippen molar-refractivity contribution in [3.63, 3.8) is 0 Å². The standard InChI is InChI=1S/C9H14O4/c1-9(2)12-7-5(4-10)3-6(11)8(7)13-9/h3,6-8,10-11H,4H2,1-2H3/t6-,7-,8?/m1/s1. The van der Waals surface area contributed by atoms with Crippen molar-refractivity contribution in [3.8, 4) is 0 Å². The van der Waals surface area contributed by atoms with E-state index in [9.17, 15) is 5.11 Å². The van der Waals surface area contributed by atoms with Gasteiger partial charge in [-0.25, -0.2) is 0 Å². The Morgan fingerprint density at radius 2 is 2.15 bits per heavy atom. The molecular weight excluding hydrogens is 172 g/mol. The Bertz CT molecular complexity index is 246. The SMILES string of the molecule is CC1(C)OC2[C@H](O)C=C(CO)[C@H]2O1. The molecule has 0 amide bonds. The van der Waals surface area contributed by atoms with E-state index in [0.29, 0.717) is 5.57 Å². The number of ether oxygens (including phenoxy) is 2. The first-order chi connectivity index (χ1) is 6.03. The molecule has 2 aliphatic rings. The third-order valence-corrected chi connectivity index (χ3v) is 2.40.